The fourth-order valence-corrected chi connectivity index (χ4v) is 12.9. The van der Waals surface area contributed by atoms with E-state index in [0.717, 1.165) is 101 Å². The first-order valence-electron chi connectivity index (χ1n) is 26.4. The lowest BCUT2D eigenvalue weighted by atomic mass is 9.59. The summed E-state index contributed by atoms with van der Waals surface area (Å²) in [6.07, 6.45) is 14.0. The predicted octanol–water partition coefficient (Wildman–Crippen LogP) is 9.24. The van der Waals surface area contributed by atoms with Crippen molar-refractivity contribution in [3.63, 3.8) is 0 Å². The summed E-state index contributed by atoms with van der Waals surface area (Å²) in [5.41, 5.74) is 4.84. The Labute approximate surface area is 422 Å². The Balaban J connectivity index is 0.739. The molecule has 10 rings (SSSR count). The molecule has 1 unspecified atom stereocenters. The molecule has 1 spiro atoms. The van der Waals surface area contributed by atoms with Gasteiger partial charge in [0.2, 0.25) is 5.91 Å². The van der Waals surface area contributed by atoms with Gasteiger partial charge >= 0.3 is 0 Å². The number of amides is 1. The maximum atomic E-state index is 17.2. The molecule has 2 atom stereocenters. The number of carbonyl (C=O) groups is 2. The minimum absolute atomic E-state index is 0.0179. The van der Waals surface area contributed by atoms with E-state index < -0.39 is 17.6 Å². The van der Waals surface area contributed by atoms with Gasteiger partial charge in [-0.3, -0.25) is 19.5 Å². The number of ether oxygens (including phenoxy) is 1. The van der Waals surface area contributed by atoms with Crippen molar-refractivity contribution in [2.45, 2.75) is 109 Å². The third-order valence-corrected chi connectivity index (χ3v) is 17.2. The minimum Gasteiger partial charge on any atom is -0.508 e. The number of aldehydes is 1. The monoisotopic (exact) mass is 984 g/mol. The second-order valence-electron chi connectivity index (χ2n) is 22.0. The van der Waals surface area contributed by atoms with Crippen LogP contribution in [-0.4, -0.2) is 133 Å². The molecule has 382 valence electrons. The van der Waals surface area contributed by atoms with Crippen molar-refractivity contribution in [3.05, 3.63) is 87.9 Å². The maximum absolute atomic E-state index is 17.2. The molecule has 4 aromatic rings. The molecule has 3 saturated heterocycles. The molecule has 2 aliphatic carbocycles. The quantitative estimate of drug-likeness (QED) is 0.0607. The Kier molecular flexibility index (Phi) is 14.4. The van der Waals surface area contributed by atoms with Crippen molar-refractivity contribution >= 4 is 58.2 Å². The number of fused-ring (bicyclic) bond motifs is 2. The van der Waals surface area contributed by atoms with E-state index >= 15 is 8.78 Å². The van der Waals surface area contributed by atoms with Crippen LogP contribution in [0.25, 0.3) is 27.4 Å². The first kappa shape index (κ1) is 49.9. The average Bonchev–Trinajstić information content (AvgIpc) is 3.88. The van der Waals surface area contributed by atoms with Gasteiger partial charge in [0.25, 0.3) is 0 Å². The Morgan fingerprint density at radius 1 is 1.04 bits per heavy atom. The molecule has 0 bridgehead atoms. The van der Waals surface area contributed by atoms with E-state index in [-0.39, 0.29) is 35.2 Å². The number of rotatable bonds is 17. The van der Waals surface area contributed by atoms with Crippen LogP contribution in [0.3, 0.4) is 0 Å². The number of nitrogens with one attached hydrogen (secondary N) is 1. The van der Waals surface area contributed by atoms with Crippen LogP contribution in [0.1, 0.15) is 119 Å². The van der Waals surface area contributed by atoms with E-state index in [1.807, 2.05) is 18.7 Å². The largest absolute Gasteiger partial charge is 0.508 e. The highest BCUT2D eigenvalue weighted by Crippen LogP contribution is 2.53. The second-order valence-corrected chi connectivity index (χ2v) is 22.0. The standard InChI is InChI=1S/C57H71F2N9O4/c1-6-42-47(58)12-10-39-26-41(70)28-45(49(39)42)52-50(59)53(46(31-62-52)54(60-3)68-20-13-36(2)32-68)63-35-72-34-57(16-17-57)33-66-23-18-56(19-24-66)29-40(30-56)67-21-14-37(15-22-67)38-9-11-43-48(27-38)65(5)64-51(43)44(8-7-25-69)55(71)61-4/h9-12,25-28,31,36-37,40,44,70H,3,6-8,13-24,29-30,32-35H2,1-2,4-5H3,(H,61,71)/b54-46+,63-53+/t36-,44?/m0/s1. The van der Waals surface area contributed by atoms with Crippen molar-refractivity contribution in [1.29, 1.82) is 0 Å². The van der Waals surface area contributed by atoms with Gasteiger partial charge in [-0.1, -0.05) is 32.0 Å². The molecule has 13 nitrogen and oxygen atoms in total. The van der Waals surface area contributed by atoms with Crippen molar-refractivity contribution in [2.75, 3.05) is 66.2 Å². The topological polar surface area (TPSA) is 140 Å². The van der Waals surface area contributed by atoms with Gasteiger partial charge in [0, 0.05) is 68.8 Å². The van der Waals surface area contributed by atoms with E-state index in [1.165, 1.54) is 43.4 Å². The van der Waals surface area contributed by atoms with Crippen LogP contribution in [0, 0.1) is 22.6 Å². The van der Waals surface area contributed by atoms with Crippen LogP contribution >= 0.6 is 0 Å². The smallest absolute Gasteiger partial charge is 0.228 e. The molecule has 0 radical (unpaired) electrons. The third-order valence-electron chi connectivity index (χ3n) is 17.2. The number of likely N-dealkylation sites (N-methyl/N-ethyl adjacent to an activating group) is 1. The first-order valence-corrected chi connectivity index (χ1v) is 26.4. The van der Waals surface area contributed by atoms with Crippen LogP contribution in [0.2, 0.25) is 0 Å². The average molecular weight is 984 g/mol. The number of phenolic OH excluding ortho intramolecular Hbond substituents is 1. The van der Waals surface area contributed by atoms with Crippen LogP contribution < -0.4 is 5.32 Å². The molecule has 4 aliphatic heterocycles. The number of carbonyl (C=O) groups excluding carboxylic acids is 2. The van der Waals surface area contributed by atoms with Gasteiger partial charge in [0.1, 0.15) is 41.8 Å². The summed E-state index contributed by atoms with van der Waals surface area (Å²) in [6, 6.07) is 13.3. The van der Waals surface area contributed by atoms with Crippen molar-refractivity contribution in [3.8, 4) is 5.75 Å². The van der Waals surface area contributed by atoms with Crippen LogP contribution in [-0.2, 0) is 27.8 Å². The van der Waals surface area contributed by atoms with Gasteiger partial charge in [0.15, 0.2) is 5.83 Å². The number of halogens is 2. The third kappa shape index (κ3) is 9.80. The molecule has 3 aromatic carbocycles. The summed E-state index contributed by atoms with van der Waals surface area (Å²) in [6.45, 7) is 15.3. The minimum atomic E-state index is -0.675. The summed E-state index contributed by atoms with van der Waals surface area (Å²) in [4.78, 5) is 45.2. The molecule has 1 amide bonds. The van der Waals surface area contributed by atoms with Crippen LogP contribution in [0.5, 0.6) is 5.75 Å². The van der Waals surface area contributed by atoms with Crippen molar-refractivity contribution in [2.24, 2.45) is 38.8 Å². The first-order chi connectivity index (χ1) is 34.9. The lowest BCUT2D eigenvalue weighted by Crippen LogP contribution is -2.56. The highest BCUT2D eigenvalue weighted by atomic mass is 19.1. The van der Waals surface area contributed by atoms with Crippen LogP contribution in [0.15, 0.2) is 74.7 Å². The van der Waals surface area contributed by atoms with Gasteiger partial charge in [-0.05, 0) is 167 Å². The zero-order valence-corrected chi connectivity index (χ0v) is 42.6. The number of aromatic hydroxyl groups is 1. The molecule has 15 heteroatoms. The van der Waals surface area contributed by atoms with Gasteiger partial charge in [0.05, 0.1) is 29.3 Å². The van der Waals surface area contributed by atoms with Crippen molar-refractivity contribution in [1.82, 2.24) is 29.8 Å². The number of hydrogen-bond acceptors (Lipinski definition) is 11. The molecular formula is C57H71F2N9O4. The van der Waals surface area contributed by atoms with Crippen LogP contribution in [0.4, 0.5) is 8.78 Å². The Hall–Kier alpha value is -5.64. The normalized spacial score (nSPS) is 23.3. The Morgan fingerprint density at radius 2 is 1.82 bits per heavy atom. The number of benzene rings is 3. The molecule has 5 fully saturated rings. The maximum Gasteiger partial charge on any atom is 0.228 e. The summed E-state index contributed by atoms with van der Waals surface area (Å²) >= 11 is 0. The zero-order chi connectivity index (χ0) is 50.3. The molecule has 5 heterocycles. The fourth-order valence-electron chi connectivity index (χ4n) is 12.9. The van der Waals surface area contributed by atoms with Gasteiger partial charge < -0.3 is 34.7 Å². The Bertz CT molecular complexity index is 2860. The van der Waals surface area contributed by atoms with E-state index in [0.29, 0.717) is 82.5 Å². The van der Waals surface area contributed by atoms with Gasteiger partial charge in [-0.15, -0.1) is 0 Å². The number of aliphatic imine (C=N–C) groups is 3. The lowest BCUT2D eigenvalue weighted by Gasteiger charge is -2.56. The molecule has 6 aliphatic rings. The molecule has 72 heavy (non-hydrogen) atoms. The number of phenols is 1. The molecule has 1 aromatic heterocycles. The molecule has 2 saturated carbocycles. The fraction of sp³-hybridized carbons (Fsp3) is 0.544. The summed E-state index contributed by atoms with van der Waals surface area (Å²) in [5, 5.41) is 20.4. The number of allylic oxidation sites excluding steroid dienone is 2. The number of aryl methyl sites for hydroxylation is 2. The highest BCUT2D eigenvalue weighted by Gasteiger charge is 2.50. The van der Waals surface area contributed by atoms with Crippen molar-refractivity contribution < 1.29 is 28.2 Å². The highest BCUT2D eigenvalue weighted by molar-refractivity contribution is 6.29. The number of aromatic nitrogens is 2. The molecule has 2 N–H and O–H groups in total. The predicted molar refractivity (Wildman–Crippen MR) is 281 cm³/mol. The summed E-state index contributed by atoms with van der Waals surface area (Å²) in [5.74, 6) is -0.239. The van der Waals surface area contributed by atoms with E-state index in [1.54, 1.807) is 25.4 Å². The number of hydrogen-bond donors (Lipinski definition) is 2. The van der Waals surface area contributed by atoms with Gasteiger partial charge in [-0.2, -0.15) is 5.10 Å². The SMILES string of the molecule is C=N/C(=C1/C=NC(c2cc(O)cc3ccc(F)c(CC)c23)=C(F)/C1=N/COCC1(CN2CCC3(CC2)CC(N2CCC(c4ccc5c(C(CCC=O)C(=O)NC)nn(C)c5c4)CC2)C3)CC1)N1CC[C@H](C)C1. The number of likely N-dealkylation sites (tertiary alicyclic amines) is 3. The zero-order valence-electron chi connectivity index (χ0n) is 42.6. The van der Waals surface area contributed by atoms with E-state index in [4.69, 9.17) is 14.8 Å². The van der Waals surface area contributed by atoms with Gasteiger partial charge in [-0.25, -0.2) is 13.8 Å². The summed E-state index contributed by atoms with van der Waals surface area (Å²) in [7, 11) is 3.57. The lowest BCUT2D eigenvalue weighted by molar-refractivity contribution is -0.122. The van der Waals surface area contributed by atoms with E-state index in [2.05, 4.69) is 61.8 Å². The second kappa shape index (κ2) is 20.7. The molecular weight excluding hydrogens is 913 g/mol. The number of piperidine rings is 2. The Morgan fingerprint density at radius 3 is 2.50 bits per heavy atom. The van der Waals surface area contributed by atoms with E-state index in [9.17, 15) is 14.7 Å². The summed E-state index contributed by atoms with van der Waals surface area (Å²) < 4.78 is 40.6. The number of nitrogens with zero attached hydrogens (tertiary/aromatic N) is 8.